The van der Waals surface area contributed by atoms with Gasteiger partial charge in [0.2, 0.25) is 0 Å². The molecule has 29 heavy (non-hydrogen) atoms. The predicted octanol–water partition coefficient (Wildman–Crippen LogP) is 10.4. The molecule has 0 aliphatic heterocycles. The lowest BCUT2D eigenvalue weighted by atomic mass is 10.0. The first-order valence-corrected chi connectivity index (χ1v) is 14.0. The summed E-state index contributed by atoms with van der Waals surface area (Å²) in [5, 5.41) is 0. The van der Waals surface area contributed by atoms with E-state index >= 15 is 0 Å². The zero-order valence-corrected chi connectivity index (χ0v) is 21.0. The first-order valence-electron chi connectivity index (χ1n) is 14.0. The Morgan fingerprint density at radius 3 is 1.14 bits per heavy atom. The van der Waals surface area contributed by atoms with Gasteiger partial charge in [-0.15, -0.1) is 0 Å². The van der Waals surface area contributed by atoms with Crippen LogP contribution in [0.3, 0.4) is 0 Å². The van der Waals surface area contributed by atoms with E-state index < -0.39 is 0 Å². The highest BCUT2D eigenvalue weighted by Gasteiger charge is 2.05. The third kappa shape index (κ3) is 24.1. The van der Waals surface area contributed by atoms with E-state index in [1.165, 1.54) is 148 Å². The number of unbranched alkanes of at least 4 members (excludes halogenated alkanes) is 19. The van der Waals surface area contributed by atoms with Crippen molar-refractivity contribution in [1.82, 2.24) is 0 Å². The summed E-state index contributed by atoms with van der Waals surface area (Å²) in [6.07, 6.45) is 32.9. The van der Waals surface area contributed by atoms with Gasteiger partial charge in [0.05, 0.1) is 6.10 Å². The molecule has 1 nitrogen and oxygen atoms in total. The Labute approximate surface area is 186 Å². The number of ether oxygens (including phenoxy) is 1. The molecule has 0 aromatic rings. The Hall–Kier alpha value is -0.0400. The van der Waals surface area contributed by atoms with E-state index in [0.717, 1.165) is 6.61 Å². The lowest BCUT2D eigenvalue weighted by molar-refractivity contribution is 0.0407. The van der Waals surface area contributed by atoms with Crippen LogP contribution in [0.5, 0.6) is 0 Å². The molecule has 0 fully saturated rings. The third-order valence-electron chi connectivity index (χ3n) is 6.44. The van der Waals surface area contributed by atoms with Crippen molar-refractivity contribution in [2.24, 2.45) is 0 Å². The molecular weight excluding hydrogens is 352 g/mol. The van der Waals surface area contributed by atoms with Crippen LogP contribution in [-0.2, 0) is 4.74 Å². The molecule has 0 N–H and O–H groups in total. The van der Waals surface area contributed by atoms with Gasteiger partial charge >= 0.3 is 0 Å². The van der Waals surface area contributed by atoms with Crippen molar-refractivity contribution in [2.75, 3.05) is 6.61 Å². The van der Waals surface area contributed by atoms with Crippen LogP contribution < -0.4 is 0 Å². The molecule has 0 saturated carbocycles. The lowest BCUT2D eigenvalue weighted by Crippen LogP contribution is -2.12. The van der Waals surface area contributed by atoms with Crippen molar-refractivity contribution in [3.05, 3.63) is 0 Å². The molecule has 0 aliphatic carbocycles. The quantitative estimate of drug-likeness (QED) is 0.136. The fourth-order valence-electron chi connectivity index (χ4n) is 4.28. The SMILES string of the molecule is CCCCCCCCCCCCCCCCCCCCOC(CC)CCCCC. The Balaban J connectivity index is 3.13. The summed E-state index contributed by atoms with van der Waals surface area (Å²) in [4.78, 5) is 0. The minimum absolute atomic E-state index is 0.521. The topological polar surface area (TPSA) is 9.23 Å². The molecule has 0 spiro atoms. The highest BCUT2D eigenvalue weighted by molar-refractivity contribution is 4.56. The first-order chi connectivity index (χ1) is 14.3. The van der Waals surface area contributed by atoms with Gasteiger partial charge < -0.3 is 4.74 Å². The zero-order chi connectivity index (χ0) is 21.3. The number of hydrogen-bond donors (Lipinski definition) is 0. The normalized spacial score (nSPS) is 12.5. The Bertz CT molecular complexity index is 275. The van der Waals surface area contributed by atoms with Crippen molar-refractivity contribution >= 4 is 0 Å². The van der Waals surface area contributed by atoms with Crippen LogP contribution in [0.1, 0.15) is 168 Å². The molecule has 0 aromatic carbocycles. The van der Waals surface area contributed by atoms with E-state index in [9.17, 15) is 0 Å². The molecule has 0 amide bonds. The summed E-state index contributed by atoms with van der Waals surface area (Å²) in [5.74, 6) is 0. The molecular formula is C28H58O. The van der Waals surface area contributed by atoms with Crippen LogP contribution in [-0.4, -0.2) is 12.7 Å². The molecule has 0 aromatic heterocycles. The molecule has 0 rings (SSSR count). The van der Waals surface area contributed by atoms with Gasteiger partial charge in [-0.3, -0.25) is 0 Å². The van der Waals surface area contributed by atoms with Gasteiger partial charge in [-0.2, -0.15) is 0 Å². The minimum atomic E-state index is 0.521. The fraction of sp³-hybridized carbons (Fsp3) is 1.00. The molecule has 176 valence electrons. The second-order valence-corrected chi connectivity index (χ2v) is 9.41. The third-order valence-corrected chi connectivity index (χ3v) is 6.44. The van der Waals surface area contributed by atoms with E-state index in [-0.39, 0.29) is 0 Å². The predicted molar refractivity (Wildman–Crippen MR) is 133 cm³/mol. The molecule has 0 heterocycles. The smallest absolute Gasteiger partial charge is 0.0572 e. The maximum atomic E-state index is 6.07. The highest BCUT2D eigenvalue weighted by atomic mass is 16.5. The summed E-state index contributed by atoms with van der Waals surface area (Å²) in [6.45, 7) is 7.84. The van der Waals surface area contributed by atoms with E-state index in [1.807, 2.05) is 0 Å². The second kappa shape index (κ2) is 26.0. The molecule has 0 bridgehead atoms. The van der Waals surface area contributed by atoms with Crippen LogP contribution in [0.4, 0.5) is 0 Å². The Morgan fingerprint density at radius 2 is 0.759 bits per heavy atom. The van der Waals surface area contributed by atoms with Crippen molar-refractivity contribution in [3.63, 3.8) is 0 Å². The molecule has 1 unspecified atom stereocenters. The van der Waals surface area contributed by atoms with Crippen molar-refractivity contribution in [1.29, 1.82) is 0 Å². The first kappa shape index (κ1) is 29.0. The van der Waals surface area contributed by atoms with E-state index in [0.29, 0.717) is 6.10 Å². The van der Waals surface area contributed by atoms with Crippen LogP contribution in [0, 0.1) is 0 Å². The summed E-state index contributed by atoms with van der Waals surface area (Å²) >= 11 is 0. The molecule has 1 heteroatoms. The van der Waals surface area contributed by atoms with E-state index in [2.05, 4.69) is 20.8 Å². The molecule has 0 radical (unpaired) electrons. The summed E-state index contributed by atoms with van der Waals surface area (Å²) in [5.41, 5.74) is 0. The fourth-order valence-corrected chi connectivity index (χ4v) is 4.28. The highest BCUT2D eigenvalue weighted by Crippen LogP contribution is 2.15. The van der Waals surface area contributed by atoms with Gasteiger partial charge in [-0.25, -0.2) is 0 Å². The van der Waals surface area contributed by atoms with Crippen LogP contribution in [0.25, 0.3) is 0 Å². The van der Waals surface area contributed by atoms with Gasteiger partial charge in [-0.05, 0) is 19.3 Å². The summed E-state index contributed by atoms with van der Waals surface area (Å²) in [7, 11) is 0. The van der Waals surface area contributed by atoms with Gasteiger partial charge in [0.15, 0.2) is 0 Å². The second-order valence-electron chi connectivity index (χ2n) is 9.41. The van der Waals surface area contributed by atoms with Crippen LogP contribution >= 0.6 is 0 Å². The summed E-state index contributed by atoms with van der Waals surface area (Å²) < 4.78 is 6.07. The van der Waals surface area contributed by atoms with E-state index in [1.54, 1.807) is 0 Å². The summed E-state index contributed by atoms with van der Waals surface area (Å²) in [6, 6.07) is 0. The molecule has 0 aliphatic rings. The Kier molecular flexibility index (Phi) is 26.0. The average molecular weight is 411 g/mol. The van der Waals surface area contributed by atoms with Crippen LogP contribution in [0.2, 0.25) is 0 Å². The van der Waals surface area contributed by atoms with Crippen molar-refractivity contribution < 1.29 is 4.74 Å². The van der Waals surface area contributed by atoms with Gasteiger partial charge in [0.25, 0.3) is 0 Å². The van der Waals surface area contributed by atoms with Gasteiger partial charge in [-0.1, -0.05) is 149 Å². The maximum absolute atomic E-state index is 6.07. The molecule has 0 saturated heterocycles. The minimum Gasteiger partial charge on any atom is -0.378 e. The Morgan fingerprint density at radius 1 is 0.414 bits per heavy atom. The van der Waals surface area contributed by atoms with E-state index in [4.69, 9.17) is 4.74 Å². The van der Waals surface area contributed by atoms with Gasteiger partial charge in [0.1, 0.15) is 0 Å². The maximum Gasteiger partial charge on any atom is 0.0572 e. The number of rotatable bonds is 25. The van der Waals surface area contributed by atoms with Crippen molar-refractivity contribution in [2.45, 2.75) is 175 Å². The standard InChI is InChI=1S/C28H58O/c1-4-7-9-10-11-12-13-14-15-16-17-18-19-20-21-22-23-25-27-29-28(6-3)26-24-8-5-2/h28H,4-27H2,1-3H3. The average Bonchev–Trinajstić information content (AvgIpc) is 2.74. The largest absolute Gasteiger partial charge is 0.378 e. The zero-order valence-electron chi connectivity index (χ0n) is 21.0. The monoisotopic (exact) mass is 410 g/mol. The number of hydrogen-bond acceptors (Lipinski definition) is 1. The van der Waals surface area contributed by atoms with Gasteiger partial charge in [0, 0.05) is 6.61 Å². The van der Waals surface area contributed by atoms with Crippen LogP contribution in [0.15, 0.2) is 0 Å². The van der Waals surface area contributed by atoms with Crippen molar-refractivity contribution in [3.8, 4) is 0 Å². The molecule has 1 atom stereocenters. The lowest BCUT2D eigenvalue weighted by Gasteiger charge is -2.15.